The summed E-state index contributed by atoms with van der Waals surface area (Å²) in [6.45, 7) is 2.26. The Morgan fingerprint density at radius 3 is 2.47 bits per heavy atom. The van der Waals surface area contributed by atoms with Crippen molar-refractivity contribution in [2.24, 2.45) is 0 Å². The molecule has 0 aliphatic carbocycles. The molecule has 0 aliphatic rings. The molecule has 0 nitrogen and oxygen atoms in total. The van der Waals surface area contributed by atoms with E-state index in [0.29, 0.717) is 0 Å². The zero-order valence-corrected chi connectivity index (χ0v) is 11.9. The first-order chi connectivity index (χ1) is 9.40. The number of allylic oxidation sites excluding steroid dienone is 1. The number of unbranched alkanes of at least 4 members (excludes halogenated alkanes) is 5. The van der Waals surface area contributed by atoms with Gasteiger partial charge < -0.3 is 0 Å². The Labute approximate surface area is 117 Å². The predicted octanol–water partition coefficient (Wildman–Crippen LogP) is 6.21. The van der Waals surface area contributed by atoms with Crippen LogP contribution in [0.25, 0.3) is 16.8 Å². The van der Waals surface area contributed by atoms with E-state index in [1.54, 1.807) is 0 Å². The lowest BCUT2D eigenvalue weighted by Crippen LogP contribution is -1.77. The molecule has 2 rings (SSSR count). The van der Waals surface area contributed by atoms with Crippen molar-refractivity contribution < 1.29 is 0 Å². The standard InChI is InChI=1S/C19H24/c1-2-3-4-5-6-7-8-11-17-14-15-18-12-9-10-13-19(18)16-17/h8-16H,2-7H2,1H3/b11-8+. The topological polar surface area (TPSA) is 0 Å². The Kier molecular flexibility index (Phi) is 5.68. The van der Waals surface area contributed by atoms with Gasteiger partial charge in [0.1, 0.15) is 0 Å². The smallest absolute Gasteiger partial charge is 0.0178 e. The first-order valence-electron chi connectivity index (χ1n) is 7.55. The van der Waals surface area contributed by atoms with Crippen molar-refractivity contribution in [3.05, 3.63) is 54.1 Å². The van der Waals surface area contributed by atoms with Gasteiger partial charge in [-0.15, -0.1) is 0 Å². The molecule has 0 spiro atoms. The minimum Gasteiger partial charge on any atom is -0.0839 e. The quantitative estimate of drug-likeness (QED) is 0.514. The molecule has 2 aromatic carbocycles. The van der Waals surface area contributed by atoms with Crippen molar-refractivity contribution in [3.63, 3.8) is 0 Å². The molecule has 0 saturated carbocycles. The van der Waals surface area contributed by atoms with Gasteiger partial charge in [-0.3, -0.25) is 0 Å². The second-order valence-corrected chi connectivity index (χ2v) is 5.21. The summed E-state index contributed by atoms with van der Waals surface area (Å²) < 4.78 is 0. The third-order valence-electron chi connectivity index (χ3n) is 3.56. The molecule has 0 heteroatoms. The fraction of sp³-hybridized carbons (Fsp3) is 0.368. The number of benzene rings is 2. The van der Waals surface area contributed by atoms with Gasteiger partial charge >= 0.3 is 0 Å². The first-order valence-corrected chi connectivity index (χ1v) is 7.55. The molecule has 0 aliphatic heterocycles. The summed E-state index contributed by atoms with van der Waals surface area (Å²) in [6, 6.07) is 15.2. The fourth-order valence-corrected chi connectivity index (χ4v) is 2.40. The van der Waals surface area contributed by atoms with Crippen molar-refractivity contribution in [2.75, 3.05) is 0 Å². The van der Waals surface area contributed by atoms with Crippen molar-refractivity contribution in [1.29, 1.82) is 0 Å². The summed E-state index contributed by atoms with van der Waals surface area (Å²) in [6.07, 6.45) is 12.6. The Bertz CT molecular complexity index is 522. The van der Waals surface area contributed by atoms with E-state index >= 15 is 0 Å². The monoisotopic (exact) mass is 252 g/mol. The maximum atomic E-state index is 2.32. The molecule has 0 bridgehead atoms. The van der Waals surface area contributed by atoms with E-state index in [1.807, 2.05) is 0 Å². The van der Waals surface area contributed by atoms with Crippen LogP contribution < -0.4 is 0 Å². The Hall–Kier alpha value is -1.56. The van der Waals surface area contributed by atoms with Crippen LogP contribution in [0.4, 0.5) is 0 Å². The van der Waals surface area contributed by atoms with Gasteiger partial charge in [0.25, 0.3) is 0 Å². The lowest BCUT2D eigenvalue weighted by molar-refractivity contribution is 0.638. The number of hydrogen-bond donors (Lipinski definition) is 0. The molecule has 0 aromatic heterocycles. The lowest BCUT2D eigenvalue weighted by Gasteiger charge is -1.99. The van der Waals surface area contributed by atoms with E-state index in [1.165, 1.54) is 54.9 Å². The fourth-order valence-electron chi connectivity index (χ4n) is 2.40. The van der Waals surface area contributed by atoms with E-state index in [-0.39, 0.29) is 0 Å². The minimum atomic E-state index is 1.20. The summed E-state index contributed by atoms with van der Waals surface area (Å²) in [5, 5.41) is 2.65. The van der Waals surface area contributed by atoms with Crippen molar-refractivity contribution in [2.45, 2.75) is 45.4 Å². The van der Waals surface area contributed by atoms with Crippen LogP contribution in [-0.2, 0) is 0 Å². The second kappa shape index (κ2) is 7.78. The molecule has 0 atom stereocenters. The molecular weight excluding hydrogens is 228 g/mol. The van der Waals surface area contributed by atoms with Crippen LogP contribution in [0, 0.1) is 0 Å². The van der Waals surface area contributed by atoms with E-state index in [4.69, 9.17) is 0 Å². The molecule has 0 unspecified atom stereocenters. The molecule has 0 saturated heterocycles. The van der Waals surface area contributed by atoms with Crippen molar-refractivity contribution in [3.8, 4) is 0 Å². The van der Waals surface area contributed by atoms with E-state index in [9.17, 15) is 0 Å². The van der Waals surface area contributed by atoms with Crippen LogP contribution in [0.1, 0.15) is 51.0 Å². The van der Waals surface area contributed by atoms with E-state index < -0.39 is 0 Å². The normalized spacial score (nSPS) is 11.4. The molecule has 0 fully saturated rings. The van der Waals surface area contributed by atoms with Gasteiger partial charge in [0.15, 0.2) is 0 Å². The highest BCUT2D eigenvalue weighted by Gasteiger charge is 1.92. The third-order valence-corrected chi connectivity index (χ3v) is 3.56. The SMILES string of the molecule is CCCCCCC/C=C/c1ccc2ccccc2c1. The summed E-state index contributed by atoms with van der Waals surface area (Å²) in [4.78, 5) is 0. The molecular formula is C19H24. The molecule has 0 amide bonds. The average Bonchev–Trinajstić information content (AvgIpc) is 2.46. The van der Waals surface area contributed by atoms with Gasteiger partial charge in [0.2, 0.25) is 0 Å². The molecule has 0 N–H and O–H groups in total. The van der Waals surface area contributed by atoms with Crippen LogP contribution in [-0.4, -0.2) is 0 Å². The second-order valence-electron chi connectivity index (χ2n) is 5.21. The van der Waals surface area contributed by atoms with Gasteiger partial charge in [0, 0.05) is 0 Å². The van der Waals surface area contributed by atoms with Gasteiger partial charge in [-0.05, 0) is 35.2 Å². The third kappa shape index (κ3) is 4.55. The minimum absolute atomic E-state index is 1.20. The summed E-state index contributed by atoms with van der Waals surface area (Å²) >= 11 is 0. The Morgan fingerprint density at radius 2 is 1.63 bits per heavy atom. The lowest BCUT2D eigenvalue weighted by atomic mass is 10.1. The molecule has 0 heterocycles. The summed E-state index contributed by atoms with van der Waals surface area (Å²) in [7, 11) is 0. The number of fused-ring (bicyclic) bond motifs is 1. The van der Waals surface area contributed by atoms with Crippen LogP contribution in [0.15, 0.2) is 48.5 Å². The highest BCUT2D eigenvalue weighted by Crippen LogP contribution is 2.17. The highest BCUT2D eigenvalue weighted by molar-refractivity contribution is 5.84. The first kappa shape index (κ1) is 13.9. The largest absolute Gasteiger partial charge is 0.0839 e. The number of hydrogen-bond acceptors (Lipinski definition) is 0. The van der Waals surface area contributed by atoms with Crippen LogP contribution in [0.3, 0.4) is 0 Å². The zero-order valence-electron chi connectivity index (χ0n) is 11.9. The maximum absolute atomic E-state index is 2.32. The summed E-state index contributed by atoms with van der Waals surface area (Å²) in [5.41, 5.74) is 1.31. The van der Waals surface area contributed by atoms with Crippen LogP contribution in [0.5, 0.6) is 0 Å². The maximum Gasteiger partial charge on any atom is -0.0178 e. The molecule has 19 heavy (non-hydrogen) atoms. The van der Waals surface area contributed by atoms with Gasteiger partial charge in [-0.25, -0.2) is 0 Å². The number of rotatable bonds is 7. The van der Waals surface area contributed by atoms with Crippen LogP contribution >= 0.6 is 0 Å². The van der Waals surface area contributed by atoms with Gasteiger partial charge in [0.05, 0.1) is 0 Å². The zero-order chi connectivity index (χ0) is 13.3. The highest BCUT2D eigenvalue weighted by atomic mass is 14.0. The van der Waals surface area contributed by atoms with E-state index in [0.717, 1.165) is 0 Å². The average molecular weight is 252 g/mol. The summed E-state index contributed by atoms with van der Waals surface area (Å²) in [5.74, 6) is 0. The molecule has 0 radical (unpaired) electrons. The van der Waals surface area contributed by atoms with E-state index in [2.05, 4.69) is 61.5 Å². The Morgan fingerprint density at radius 1 is 0.842 bits per heavy atom. The van der Waals surface area contributed by atoms with Gasteiger partial charge in [-0.1, -0.05) is 81.2 Å². The van der Waals surface area contributed by atoms with Gasteiger partial charge in [-0.2, -0.15) is 0 Å². The van der Waals surface area contributed by atoms with Crippen LogP contribution in [0.2, 0.25) is 0 Å². The predicted molar refractivity (Wildman–Crippen MR) is 86.4 cm³/mol. The Balaban J connectivity index is 1.83. The molecule has 2 aromatic rings. The van der Waals surface area contributed by atoms with Crippen molar-refractivity contribution >= 4 is 16.8 Å². The molecule has 100 valence electrons. The van der Waals surface area contributed by atoms with Crippen molar-refractivity contribution in [1.82, 2.24) is 0 Å².